The lowest BCUT2D eigenvalue weighted by Gasteiger charge is -2.10. The third-order valence-corrected chi connectivity index (χ3v) is 5.80. The van der Waals surface area contributed by atoms with Crippen LogP contribution in [0, 0.1) is 0 Å². The summed E-state index contributed by atoms with van der Waals surface area (Å²) in [5.74, 6) is 0. The average Bonchev–Trinajstić information content (AvgIpc) is 2.70. The second-order valence-electron chi connectivity index (χ2n) is 6.37. The smallest absolute Gasteiger partial charge is 0.266 e. The molecule has 7 heteroatoms. The van der Waals surface area contributed by atoms with Gasteiger partial charge >= 0.3 is 0 Å². The zero-order chi connectivity index (χ0) is 19.7. The summed E-state index contributed by atoms with van der Waals surface area (Å²) in [6, 6.07) is 22.6. The number of anilines is 1. The summed E-state index contributed by atoms with van der Waals surface area (Å²) in [7, 11) is -2.12. The summed E-state index contributed by atoms with van der Waals surface area (Å²) in [6.07, 6.45) is 0. The van der Waals surface area contributed by atoms with Crippen molar-refractivity contribution in [2.24, 2.45) is 7.05 Å². The molecule has 0 amide bonds. The normalized spacial score (nSPS) is 11.5. The molecular formula is C21H17N3O3S. The molecule has 0 aliphatic carbocycles. The molecule has 0 saturated heterocycles. The second-order valence-corrected chi connectivity index (χ2v) is 8.05. The predicted molar refractivity (Wildman–Crippen MR) is 110 cm³/mol. The first-order valence-electron chi connectivity index (χ1n) is 8.59. The van der Waals surface area contributed by atoms with E-state index < -0.39 is 10.0 Å². The fraction of sp³-hybridized carbons (Fsp3) is 0.0476. The summed E-state index contributed by atoms with van der Waals surface area (Å²) in [5.41, 5.74) is 1.67. The van der Waals surface area contributed by atoms with Gasteiger partial charge in [0.15, 0.2) is 0 Å². The molecule has 28 heavy (non-hydrogen) atoms. The van der Waals surface area contributed by atoms with Crippen LogP contribution in [0.1, 0.15) is 0 Å². The standard InChI is InChI=1S/C21H17N3O3S/c1-24-21(25)13-12-20(22-24)16-6-9-18(10-7-16)23-28(26,27)19-11-8-15-4-2-3-5-17(15)14-19/h2-14,23H,1H3. The van der Waals surface area contributed by atoms with Gasteiger partial charge in [-0.3, -0.25) is 9.52 Å². The highest BCUT2D eigenvalue weighted by Crippen LogP contribution is 2.23. The third kappa shape index (κ3) is 3.52. The van der Waals surface area contributed by atoms with Gasteiger partial charge < -0.3 is 0 Å². The van der Waals surface area contributed by atoms with Crippen molar-refractivity contribution >= 4 is 26.5 Å². The van der Waals surface area contributed by atoms with E-state index in [-0.39, 0.29) is 10.5 Å². The maximum atomic E-state index is 12.7. The van der Waals surface area contributed by atoms with Crippen LogP contribution in [0.25, 0.3) is 22.0 Å². The van der Waals surface area contributed by atoms with E-state index in [2.05, 4.69) is 9.82 Å². The Bertz CT molecular complexity index is 1330. The number of hydrogen-bond acceptors (Lipinski definition) is 4. The molecule has 1 aromatic heterocycles. The Balaban J connectivity index is 1.60. The number of aromatic nitrogens is 2. The lowest BCUT2D eigenvalue weighted by atomic mass is 10.1. The molecule has 4 rings (SSSR count). The number of aryl methyl sites for hydroxylation is 1. The van der Waals surface area contributed by atoms with E-state index in [4.69, 9.17) is 0 Å². The van der Waals surface area contributed by atoms with Crippen molar-refractivity contribution in [3.8, 4) is 11.3 Å². The van der Waals surface area contributed by atoms with Gasteiger partial charge in [-0.25, -0.2) is 13.1 Å². The van der Waals surface area contributed by atoms with E-state index in [1.165, 1.54) is 10.7 Å². The Kier molecular flexibility index (Phi) is 4.44. The summed E-state index contributed by atoms with van der Waals surface area (Å²) < 4.78 is 29.3. The highest BCUT2D eigenvalue weighted by Gasteiger charge is 2.15. The van der Waals surface area contributed by atoms with Crippen LogP contribution < -0.4 is 10.3 Å². The molecule has 140 valence electrons. The van der Waals surface area contributed by atoms with Crippen molar-refractivity contribution in [3.63, 3.8) is 0 Å². The van der Waals surface area contributed by atoms with Gasteiger partial charge in [-0.2, -0.15) is 5.10 Å². The van der Waals surface area contributed by atoms with Gasteiger partial charge in [-0.1, -0.05) is 42.5 Å². The minimum Gasteiger partial charge on any atom is -0.280 e. The summed E-state index contributed by atoms with van der Waals surface area (Å²) in [6.45, 7) is 0. The monoisotopic (exact) mass is 391 g/mol. The number of nitrogens with one attached hydrogen (secondary N) is 1. The topological polar surface area (TPSA) is 81.1 Å². The second kappa shape index (κ2) is 6.94. The van der Waals surface area contributed by atoms with E-state index in [1.807, 2.05) is 24.3 Å². The minimum atomic E-state index is -3.71. The molecule has 3 aromatic carbocycles. The fourth-order valence-electron chi connectivity index (χ4n) is 2.91. The maximum Gasteiger partial charge on any atom is 0.266 e. The zero-order valence-electron chi connectivity index (χ0n) is 15.0. The van der Waals surface area contributed by atoms with Crippen LogP contribution in [-0.2, 0) is 17.1 Å². The van der Waals surface area contributed by atoms with Crippen LogP contribution in [0.5, 0.6) is 0 Å². The average molecular weight is 391 g/mol. The molecule has 4 aromatic rings. The molecule has 0 bridgehead atoms. The fourth-order valence-corrected chi connectivity index (χ4v) is 4.01. The van der Waals surface area contributed by atoms with Gasteiger partial charge in [-0.15, -0.1) is 0 Å². The molecule has 0 saturated carbocycles. The molecule has 0 spiro atoms. The molecular weight excluding hydrogens is 374 g/mol. The molecule has 0 aliphatic heterocycles. The Morgan fingerprint density at radius 2 is 1.57 bits per heavy atom. The van der Waals surface area contributed by atoms with Gasteiger partial charge in [0.05, 0.1) is 10.6 Å². The molecule has 6 nitrogen and oxygen atoms in total. The van der Waals surface area contributed by atoms with Crippen molar-refractivity contribution in [3.05, 3.63) is 89.2 Å². The van der Waals surface area contributed by atoms with Crippen LogP contribution in [-0.4, -0.2) is 18.2 Å². The van der Waals surface area contributed by atoms with E-state index >= 15 is 0 Å². The number of rotatable bonds is 4. The highest BCUT2D eigenvalue weighted by atomic mass is 32.2. The number of sulfonamides is 1. The van der Waals surface area contributed by atoms with Crippen LogP contribution in [0.15, 0.2) is 88.6 Å². The van der Waals surface area contributed by atoms with E-state index in [9.17, 15) is 13.2 Å². The largest absolute Gasteiger partial charge is 0.280 e. The Hall–Kier alpha value is -3.45. The summed E-state index contributed by atoms with van der Waals surface area (Å²) in [5, 5.41) is 6.03. The molecule has 1 heterocycles. The van der Waals surface area contributed by atoms with E-state index in [0.717, 1.165) is 16.3 Å². The van der Waals surface area contributed by atoms with Gasteiger partial charge in [0.2, 0.25) is 0 Å². The van der Waals surface area contributed by atoms with E-state index in [0.29, 0.717) is 11.4 Å². The first kappa shape index (κ1) is 17.9. The molecule has 0 unspecified atom stereocenters. The molecule has 0 radical (unpaired) electrons. The number of fused-ring (bicyclic) bond motifs is 1. The summed E-state index contributed by atoms with van der Waals surface area (Å²) in [4.78, 5) is 11.7. The van der Waals surface area contributed by atoms with Crippen LogP contribution in [0.2, 0.25) is 0 Å². The third-order valence-electron chi connectivity index (χ3n) is 4.42. The van der Waals surface area contributed by atoms with Crippen molar-refractivity contribution < 1.29 is 8.42 Å². The maximum absolute atomic E-state index is 12.7. The first-order chi connectivity index (χ1) is 13.4. The quantitative estimate of drug-likeness (QED) is 0.578. The SMILES string of the molecule is Cn1nc(-c2ccc(NS(=O)(=O)c3ccc4ccccc4c3)cc2)ccc1=O. The van der Waals surface area contributed by atoms with Gasteiger partial charge in [0, 0.05) is 24.4 Å². The van der Waals surface area contributed by atoms with Crippen LogP contribution in [0.4, 0.5) is 5.69 Å². The Labute approximate surface area is 162 Å². The lowest BCUT2D eigenvalue weighted by molar-refractivity contribution is 0.601. The van der Waals surface area contributed by atoms with Gasteiger partial charge in [0.25, 0.3) is 15.6 Å². The predicted octanol–water partition coefficient (Wildman–Crippen LogP) is 3.40. The Morgan fingerprint density at radius 3 is 2.29 bits per heavy atom. The molecule has 1 N–H and O–H groups in total. The Morgan fingerprint density at radius 1 is 0.857 bits per heavy atom. The van der Waals surface area contributed by atoms with Crippen LogP contribution in [0.3, 0.4) is 0 Å². The molecule has 0 atom stereocenters. The number of benzene rings is 3. The van der Waals surface area contributed by atoms with Crippen molar-refractivity contribution in [1.29, 1.82) is 0 Å². The van der Waals surface area contributed by atoms with E-state index in [1.54, 1.807) is 55.6 Å². The molecule has 0 aliphatic rings. The minimum absolute atomic E-state index is 0.191. The van der Waals surface area contributed by atoms with Crippen molar-refractivity contribution in [2.45, 2.75) is 4.90 Å². The van der Waals surface area contributed by atoms with Gasteiger partial charge in [-0.05, 0) is 41.1 Å². The number of nitrogens with zero attached hydrogens (tertiary/aromatic N) is 2. The van der Waals surface area contributed by atoms with Crippen LogP contribution >= 0.6 is 0 Å². The molecule has 0 fully saturated rings. The van der Waals surface area contributed by atoms with Crippen molar-refractivity contribution in [2.75, 3.05) is 4.72 Å². The zero-order valence-corrected chi connectivity index (χ0v) is 15.8. The van der Waals surface area contributed by atoms with Gasteiger partial charge in [0.1, 0.15) is 0 Å². The van der Waals surface area contributed by atoms with Crippen molar-refractivity contribution in [1.82, 2.24) is 9.78 Å². The highest BCUT2D eigenvalue weighted by molar-refractivity contribution is 7.92. The summed E-state index contributed by atoms with van der Waals surface area (Å²) >= 11 is 0. The lowest BCUT2D eigenvalue weighted by Crippen LogP contribution is -2.18. The number of hydrogen-bond donors (Lipinski definition) is 1. The first-order valence-corrected chi connectivity index (χ1v) is 10.1.